The van der Waals surface area contributed by atoms with Crippen LogP contribution in [0.2, 0.25) is 0 Å². The quantitative estimate of drug-likeness (QED) is 0.615. The molecule has 1 aromatic carbocycles. The Morgan fingerprint density at radius 3 is 2.12 bits per heavy atom. The molecule has 1 aromatic rings. The third kappa shape index (κ3) is 2.76. The predicted molar refractivity (Wildman–Crippen MR) is 61.5 cm³/mol. The number of nitrogens with one attached hydrogen (secondary N) is 1. The fourth-order valence-corrected chi connectivity index (χ4v) is 1.71. The minimum atomic E-state index is -0.631. The maximum absolute atomic E-state index is 10.9. The summed E-state index contributed by atoms with van der Waals surface area (Å²) in [6.45, 7) is 5.19. The zero-order valence-electron chi connectivity index (χ0n) is 9.67. The van der Waals surface area contributed by atoms with E-state index in [1.165, 1.54) is 12.1 Å². The Balaban J connectivity index is 3.31. The molecular formula is C10H14N3O4+. The van der Waals surface area contributed by atoms with Gasteiger partial charge >= 0.3 is 5.69 Å². The Bertz CT molecular complexity index is 443. The zero-order chi connectivity index (χ0) is 13.0. The average molecular weight is 240 g/mol. The molecule has 0 radical (unpaired) electrons. The lowest BCUT2D eigenvalue weighted by molar-refractivity contribution is -0.829. The van der Waals surface area contributed by atoms with Crippen LogP contribution in [-0.2, 0) is 0 Å². The SMILES string of the molecule is CC[NH+](CC)c1ccc([N+](=O)[O-])cc1[N+](=O)[O-]. The summed E-state index contributed by atoms with van der Waals surface area (Å²) in [5, 5.41) is 21.5. The fraction of sp³-hybridized carbons (Fsp3) is 0.400. The summed E-state index contributed by atoms with van der Waals surface area (Å²) in [7, 11) is 0. The molecule has 0 aromatic heterocycles. The second kappa shape index (κ2) is 5.35. The van der Waals surface area contributed by atoms with Crippen molar-refractivity contribution in [3.8, 4) is 0 Å². The molecular weight excluding hydrogens is 226 g/mol. The van der Waals surface area contributed by atoms with Gasteiger partial charge in [-0.25, -0.2) is 0 Å². The number of non-ortho nitro benzene ring substituents is 1. The van der Waals surface area contributed by atoms with E-state index in [0.29, 0.717) is 18.8 Å². The van der Waals surface area contributed by atoms with Crippen LogP contribution in [0.5, 0.6) is 0 Å². The van der Waals surface area contributed by atoms with Crippen LogP contribution in [0.15, 0.2) is 18.2 Å². The van der Waals surface area contributed by atoms with Gasteiger partial charge in [-0.1, -0.05) is 0 Å². The highest BCUT2D eigenvalue weighted by Crippen LogP contribution is 2.26. The molecule has 0 amide bonds. The van der Waals surface area contributed by atoms with E-state index in [2.05, 4.69) is 0 Å². The van der Waals surface area contributed by atoms with E-state index in [1.54, 1.807) is 0 Å². The molecule has 0 atom stereocenters. The van der Waals surface area contributed by atoms with E-state index < -0.39 is 9.85 Å². The standard InChI is InChI=1S/C10H13N3O4/c1-3-11(4-2)9-6-5-8(12(14)15)7-10(9)13(16)17/h5-7H,3-4H2,1-2H3/p+1. The van der Waals surface area contributed by atoms with Crippen LogP contribution in [0.4, 0.5) is 17.1 Å². The van der Waals surface area contributed by atoms with Gasteiger partial charge in [-0.3, -0.25) is 25.1 Å². The van der Waals surface area contributed by atoms with Gasteiger partial charge in [0.2, 0.25) is 5.69 Å². The van der Waals surface area contributed by atoms with E-state index in [9.17, 15) is 20.2 Å². The average Bonchev–Trinajstić information content (AvgIpc) is 2.30. The van der Waals surface area contributed by atoms with Crippen molar-refractivity contribution >= 4 is 17.1 Å². The van der Waals surface area contributed by atoms with Crippen LogP contribution in [-0.4, -0.2) is 22.9 Å². The minimum absolute atomic E-state index is 0.196. The number of hydrogen-bond acceptors (Lipinski definition) is 4. The molecule has 0 saturated heterocycles. The first-order valence-electron chi connectivity index (χ1n) is 5.29. The normalized spacial score (nSPS) is 10.5. The lowest BCUT2D eigenvalue weighted by atomic mass is 10.2. The van der Waals surface area contributed by atoms with Gasteiger partial charge in [0.15, 0.2) is 0 Å². The first-order valence-corrected chi connectivity index (χ1v) is 5.29. The molecule has 0 bridgehead atoms. The van der Waals surface area contributed by atoms with Crippen LogP contribution in [0.25, 0.3) is 0 Å². The maximum Gasteiger partial charge on any atom is 0.336 e. The number of rotatable bonds is 5. The zero-order valence-corrected chi connectivity index (χ0v) is 9.67. The van der Waals surface area contributed by atoms with Gasteiger partial charge in [0.05, 0.1) is 22.9 Å². The van der Waals surface area contributed by atoms with Gasteiger partial charge in [-0.2, -0.15) is 0 Å². The van der Waals surface area contributed by atoms with Crippen molar-refractivity contribution in [3.05, 3.63) is 38.4 Å². The first kappa shape index (κ1) is 13.0. The third-order valence-corrected chi connectivity index (χ3v) is 2.62. The largest absolute Gasteiger partial charge is 0.336 e. The van der Waals surface area contributed by atoms with Crippen LogP contribution >= 0.6 is 0 Å². The monoisotopic (exact) mass is 240 g/mol. The molecule has 0 fully saturated rings. The van der Waals surface area contributed by atoms with Gasteiger partial charge in [-0.05, 0) is 13.8 Å². The molecule has 0 spiro atoms. The second-order valence-electron chi connectivity index (χ2n) is 3.53. The third-order valence-electron chi connectivity index (χ3n) is 2.62. The summed E-state index contributed by atoms with van der Waals surface area (Å²) in [6, 6.07) is 3.77. The van der Waals surface area contributed by atoms with E-state index >= 15 is 0 Å². The van der Waals surface area contributed by atoms with Gasteiger partial charge in [0.25, 0.3) is 5.69 Å². The number of nitro benzene ring substituents is 2. The topological polar surface area (TPSA) is 90.7 Å². The molecule has 1 N–H and O–H groups in total. The predicted octanol–water partition coefficient (Wildman–Crippen LogP) is 1.06. The summed E-state index contributed by atoms with van der Waals surface area (Å²) in [6.07, 6.45) is 0. The fourth-order valence-electron chi connectivity index (χ4n) is 1.71. The molecule has 17 heavy (non-hydrogen) atoms. The summed E-state index contributed by atoms with van der Waals surface area (Å²) < 4.78 is 0. The van der Waals surface area contributed by atoms with E-state index in [1.807, 2.05) is 13.8 Å². The molecule has 0 unspecified atom stereocenters. The van der Waals surface area contributed by atoms with E-state index in [0.717, 1.165) is 11.0 Å². The lowest BCUT2D eigenvalue weighted by Gasteiger charge is -2.14. The van der Waals surface area contributed by atoms with Gasteiger partial charge in [0.1, 0.15) is 6.07 Å². The number of nitrogens with zero attached hydrogens (tertiary/aromatic N) is 2. The Hall–Kier alpha value is -2.02. The van der Waals surface area contributed by atoms with Crippen LogP contribution in [0, 0.1) is 20.2 Å². The molecule has 0 saturated carbocycles. The smallest absolute Gasteiger partial charge is 0.297 e. The molecule has 0 heterocycles. The number of hydrogen-bond donors (Lipinski definition) is 1. The lowest BCUT2D eigenvalue weighted by Crippen LogP contribution is -3.06. The van der Waals surface area contributed by atoms with Gasteiger partial charge < -0.3 is 0 Å². The highest BCUT2D eigenvalue weighted by Gasteiger charge is 2.25. The number of quaternary nitrogens is 1. The van der Waals surface area contributed by atoms with Crippen molar-refractivity contribution in [3.63, 3.8) is 0 Å². The van der Waals surface area contributed by atoms with Crippen molar-refractivity contribution < 1.29 is 14.7 Å². The molecule has 7 nitrogen and oxygen atoms in total. The Morgan fingerprint density at radius 2 is 1.71 bits per heavy atom. The van der Waals surface area contributed by atoms with Crippen molar-refractivity contribution in [2.75, 3.05) is 13.1 Å². The van der Waals surface area contributed by atoms with Crippen molar-refractivity contribution in [1.82, 2.24) is 0 Å². The second-order valence-corrected chi connectivity index (χ2v) is 3.53. The van der Waals surface area contributed by atoms with Gasteiger partial charge in [0, 0.05) is 12.1 Å². The van der Waals surface area contributed by atoms with Crippen molar-refractivity contribution in [2.24, 2.45) is 0 Å². The van der Waals surface area contributed by atoms with E-state index in [4.69, 9.17) is 0 Å². The molecule has 0 aliphatic rings. The summed E-state index contributed by atoms with van der Waals surface area (Å²) in [4.78, 5) is 21.2. The maximum atomic E-state index is 10.9. The molecule has 7 heteroatoms. The first-order chi connectivity index (χ1) is 8.01. The minimum Gasteiger partial charge on any atom is -0.297 e. The van der Waals surface area contributed by atoms with Crippen molar-refractivity contribution in [1.29, 1.82) is 0 Å². The summed E-state index contributed by atoms with van der Waals surface area (Å²) in [5.74, 6) is 0. The van der Waals surface area contributed by atoms with E-state index in [-0.39, 0.29) is 11.4 Å². The Morgan fingerprint density at radius 1 is 1.12 bits per heavy atom. The van der Waals surface area contributed by atoms with Crippen LogP contribution in [0.1, 0.15) is 13.8 Å². The van der Waals surface area contributed by atoms with Crippen molar-refractivity contribution in [2.45, 2.75) is 13.8 Å². The van der Waals surface area contributed by atoms with Crippen LogP contribution < -0.4 is 4.90 Å². The molecule has 0 aliphatic heterocycles. The summed E-state index contributed by atoms with van der Waals surface area (Å²) >= 11 is 0. The summed E-state index contributed by atoms with van der Waals surface area (Å²) in [5.41, 5.74) is 0.0375. The van der Waals surface area contributed by atoms with Gasteiger partial charge in [-0.15, -0.1) is 0 Å². The number of nitro groups is 2. The highest BCUT2D eigenvalue weighted by molar-refractivity contribution is 5.57. The highest BCUT2D eigenvalue weighted by atomic mass is 16.6. The molecule has 0 aliphatic carbocycles. The van der Waals surface area contributed by atoms with Crippen LogP contribution in [0.3, 0.4) is 0 Å². The Labute approximate surface area is 98.0 Å². The molecule has 92 valence electrons. The molecule has 1 rings (SSSR count). The Kier molecular flexibility index (Phi) is 4.11. The number of benzene rings is 1.